The van der Waals surface area contributed by atoms with Gasteiger partial charge >= 0.3 is 0 Å². The van der Waals surface area contributed by atoms with Crippen LogP contribution in [0.2, 0.25) is 0 Å². The molecule has 0 aromatic heterocycles. The molecule has 0 radical (unpaired) electrons. The molecule has 2 heterocycles. The van der Waals surface area contributed by atoms with Gasteiger partial charge in [-0.1, -0.05) is 12.1 Å². The van der Waals surface area contributed by atoms with Gasteiger partial charge in [-0.3, -0.25) is 4.79 Å². The second kappa shape index (κ2) is 8.70. The molecule has 7 heteroatoms. The molecule has 0 saturated carbocycles. The summed E-state index contributed by atoms with van der Waals surface area (Å²) in [6, 6.07) is 7.23. The van der Waals surface area contributed by atoms with Gasteiger partial charge < -0.3 is 29.1 Å². The average Bonchev–Trinajstić information content (AvgIpc) is 3.07. The number of rotatable bonds is 6. The molecule has 0 bridgehead atoms. The number of hydrogen-bond acceptors (Lipinski definition) is 6. The number of nitrogens with zero attached hydrogens (tertiary/aromatic N) is 2. The van der Waals surface area contributed by atoms with E-state index < -0.39 is 5.60 Å². The number of hydrogen-bond donors (Lipinski definition) is 1. The van der Waals surface area contributed by atoms with Crippen LogP contribution in [0.15, 0.2) is 24.3 Å². The molecule has 2 aliphatic heterocycles. The van der Waals surface area contributed by atoms with Crippen molar-refractivity contribution in [1.82, 2.24) is 9.80 Å². The Bertz CT molecular complexity index is 605. The fourth-order valence-corrected chi connectivity index (χ4v) is 3.55. The number of aliphatic hydroxyl groups is 1. The van der Waals surface area contributed by atoms with Crippen LogP contribution in [-0.4, -0.2) is 86.1 Å². The number of carbonyl (C=O) groups excluding carboxylic acids is 1. The van der Waals surface area contributed by atoms with Crippen LogP contribution in [0.1, 0.15) is 12.8 Å². The second-order valence-corrected chi connectivity index (χ2v) is 7.02. The highest BCUT2D eigenvalue weighted by atomic mass is 16.5. The Balaban J connectivity index is 1.58. The first-order valence-electron chi connectivity index (χ1n) is 9.16. The molecule has 1 unspecified atom stereocenters. The Kier molecular flexibility index (Phi) is 6.34. The molecule has 0 spiro atoms. The minimum Gasteiger partial charge on any atom is -0.493 e. The molecule has 26 heavy (non-hydrogen) atoms. The maximum absolute atomic E-state index is 12.6. The Labute approximate surface area is 154 Å². The number of carbonyl (C=O) groups is 1. The SMILES string of the molecule is COc1ccccc1OCC(=O)N1CCOCC(O)(CN2CCCC2)C1. The third-order valence-corrected chi connectivity index (χ3v) is 4.85. The Morgan fingerprint density at radius 1 is 1.23 bits per heavy atom. The fourth-order valence-electron chi connectivity index (χ4n) is 3.55. The van der Waals surface area contributed by atoms with Crippen molar-refractivity contribution in [3.8, 4) is 11.5 Å². The number of ether oxygens (including phenoxy) is 3. The summed E-state index contributed by atoms with van der Waals surface area (Å²) in [7, 11) is 1.56. The van der Waals surface area contributed by atoms with Crippen molar-refractivity contribution < 1.29 is 24.1 Å². The zero-order chi connectivity index (χ0) is 18.4. The predicted molar refractivity (Wildman–Crippen MR) is 96.5 cm³/mol. The van der Waals surface area contributed by atoms with E-state index in [1.165, 1.54) is 0 Å². The van der Waals surface area contributed by atoms with Crippen LogP contribution in [0.3, 0.4) is 0 Å². The minimum atomic E-state index is -1.04. The summed E-state index contributed by atoms with van der Waals surface area (Å²) in [5.74, 6) is 0.952. The van der Waals surface area contributed by atoms with Crippen LogP contribution >= 0.6 is 0 Å². The summed E-state index contributed by atoms with van der Waals surface area (Å²) in [5, 5.41) is 11.0. The van der Waals surface area contributed by atoms with Gasteiger partial charge in [0.1, 0.15) is 5.60 Å². The van der Waals surface area contributed by atoms with E-state index in [1.54, 1.807) is 24.1 Å². The smallest absolute Gasteiger partial charge is 0.260 e. The maximum atomic E-state index is 12.6. The van der Waals surface area contributed by atoms with Gasteiger partial charge in [0, 0.05) is 13.1 Å². The molecule has 2 fully saturated rings. The first-order valence-corrected chi connectivity index (χ1v) is 9.16. The highest BCUT2D eigenvalue weighted by molar-refractivity contribution is 5.78. The zero-order valence-corrected chi connectivity index (χ0v) is 15.4. The highest BCUT2D eigenvalue weighted by Crippen LogP contribution is 2.26. The van der Waals surface area contributed by atoms with E-state index in [0.29, 0.717) is 31.2 Å². The summed E-state index contributed by atoms with van der Waals surface area (Å²) < 4.78 is 16.4. The van der Waals surface area contributed by atoms with Crippen molar-refractivity contribution in [2.75, 3.05) is 59.7 Å². The standard InChI is InChI=1S/C19H28N2O5/c1-24-16-6-2-3-7-17(16)26-12-18(22)21-10-11-25-15-19(23,14-21)13-20-8-4-5-9-20/h2-3,6-7,23H,4-5,8-15H2,1H3. The largest absolute Gasteiger partial charge is 0.493 e. The van der Waals surface area contributed by atoms with Crippen molar-refractivity contribution in [3.63, 3.8) is 0 Å². The number of β-amino-alcohol motifs (C(OH)–C–C–N with tert-alkyl or cyclic N) is 1. The molecular weight excluding hydrogens is 336 g/mol. The van der Waals surface area contributed by atoms with Crippen molar-refractivity contribution in [2.45, 2.75) is 18.4 Å². The van der Waals surface area contributed by atoms with Crippen LogP contribution in [0.5, 0.6) is 11.5 Å². The lowest BCUT2D eigenvalue weighted by Gasteiger charge is -2.34. The first kappa shape index (κ1) is 18.9. The molecular formula is C19H28N2O5. The zero-order valence-electron chi connectivity index (χ0n) is 15.4. The Morgan fingerprint density at radius 2 is 1.96 bits per heavy atom. The molecule has 1 atom stereocenters. The van der Waals surface area contributed by atoms with E-state index in [2.05, 4.69) is 4.90 Å². The number of para-hydroxylation sites is 2. The van der Waals surface area contributed by atoms with Crippen LogP contribution in [-0.2, 0) is 9.53 Å². The van der Waals surface area contributed by atoms with E-state index in [1.807, 2.05) is 12.1 Å². The Hall–Kier alpha value is -1.83. The van der Waals surface area contributed by atoms with Gasteiger partial charge in [-0.05, 0) is 38.1 Å². The monoisotopic (exact) mass is 364 g/mol. The number of likely N-dealkylation sites (tertiary alicyclic amines) is 1. The van der Waals surface area contributed by atoms with Crippen molar-refractivity contribution >= 4 is 5.91 Å². The molecule has 1 aromatic carbocycles. The lowest BCUT2D eigenvalue weighted by Crippen LogP contribution is -2.53. The fraction of sp³-hybridized carbons (Fsp3) is 0.632. The molecule has 1 N–H and O–H groups in total. The molecule has 7 nitrogen and oxygen atoms in total. The molecule has 1 amide bonds. The lowest BCUT2D eigenvalue weighted by molar-refractivity contribution is -0.136. The number of amides is 1. The predicted octanol–water partition coefficient (Wildman–Crippen LogP) is 0.760. The van der Waals surface area contributed by atoms with Crippen LogP contribution in [0.4, 0.5) is 0 Å². The molecule has 144 valence electrons. The van der Waals surface area contributed by atoms with Gasteiger partial charge in [0.15, 0.2) is 18.1 Å². The topological polar surface area (TPSA) is 71.5 Å². The summed E-state index contributed by atoms with van der Waals surface area (Å²) in [5.41, 5.74) is -1.04. The van der Waals surface area contributed by atoms with E-state index >= 15 is 0 Å². The summed E-state index contributed by atoms with van der Waals surface area (Å²) in [4.78, 5) is 16.5. The van der Waals surface area contributed by atoms with Crippen LogP contribution in [0.25, 0.3) is 0 Å². The lowest BCUT2D eigenvalue weighted by atomic mass is 10.0. The highest BCUT2D eigenvalue weighted by Gasteiger charge is 2.36. The van der Waals surface area contributed by atoms with E-state index in [4.69, 9.17) is 14.2 Å². The third-order valence-electron chi connectivity index (χ3n) is 4.85. The minimum absolute atomic E-state index is 0.0971. The molecule has 3 rings (SSSR count). The third kappa shape index (κ3) is 4.87. The first-order chi connectivity index (χ1) is 12.6. The normalized spacial score (nSPS) is 24.3. The Morgan fingerprint density at radius 3 is 2.69 bits per heavy atom. The van der Waals surface area contributed by atoms with Gasteiger partial charge in [-0.2, -0.15) is 0 Å². The van der Waals surface area contributed by atoms with Gasteiger partial charge in [0.05, 0.1) is 26.9 Å². The molecule has 2 aliphatic rings. The van der Waals surface area contributed by atoms with Crippen molar-refractivity contribution in [3.05, 3.63) is 24.3 Å². The summed E-state index contributed by atoms with van der Waals surface area (Å²) >= 11 is 0. The second-order valence-electron chi connectivity index (χ2n) is 7.02. The van der Waals surface area contributed by atoms with Crippen molar-refractivity contribution in [1.29, 1.82) is 0 Å². The van der Waals surface area contributed by atoms with E-state index in [0.717, 1.165) is 25.9 Å². The van der Waals surface area contributed by atoms with Gasteiger partial charge in [0.25, 0.3) is 5.91 Å². The number of benzene rings is 1. The molecule has 2 saturated heterocycles. The van der Waals surface area contributed by atoms with E-state index in [-0.39, 0.29) is 25.7 Å². The van der Waals surface area contributed by atoms with Crippen LogP contribution < -0.4 is 9.47 Å². The van der Waals surface area contributed by atoms with Crippen molar-refractivity contribution in [2.24, 2.45) is 0 Å². The van der Waals surface area contributed by atoms with Crippen LogP contribution in [0, 0.1) is 0 Å². The summed E-state index contributed by atoms with van der Waals surface area (Å²) in [6.45, 7) is 3.81. The summed E-state index contributed by atoms with van der Waals surface area (Å²) in [6.07, 6.45) is 2.32. The molecule has 1 aromatic rings. The van der Waals surface area contributed by atoms with Gasteiger partial charge in [-0.25, -0.2) is 0 Å². The quantitative estimate of drug-likeness (QED) is 0.804. The maximum Gasteiger partial charge on any atom is 0.260 e. The van der Waals surface area contributed by atoms with E-state index in [9.17, 15) is 9.90 Å². The number of methoxy groups -OCH3 is 1. The molecule has 0 aliphatic carbocycles. The average molecular weight is 364 g/mol. The van der Waals surface area contributed by atoms with Gasteiger partial charge in [-0.15, -0.1) is 0 Å². The van der Waals surface area contributed by atoms with Gasteiger partial charge in [0.2, 0.25) is 0 Å².